The van der Waals surface area contributed by atoms with Crippen LogP contribution in [-0.4, -0.2) is 26.5 Å². The van der Waals surface area contributed by atoms with Crippen LogP contribution in [0.15, 0.2) is 36.5 Å². The van der Waals surface area contributed by atoms with E-state index in [1.165, 1.54) is 16.9 Å². The number of aromatic nitrogens is 1. The third kappa shape index (κ3) is 4.03. The van der Waals surface area contributed by atoms with E-state index in [1.807, 2.05) is 19.9 Å². The van der Waals surface area contributed by atoms with Gasteiger partial charge in [-0.15, -0.1) is 0 Å². The zero-order chi connectivity index (χ0) is 17.2. The minimum Gasteiger partial charge on any atom is -0.394 e. The van der Waals surface area contributed by atoms with Crippen LogP contribution in [0.5, 0.6) is 0 Å². The van der Waals surface area contributed by atoms with Crippen LogP contribution in [0.2, 0.25) is 0 Å². The van der Waals surface area contributed by atoms with E-state index in [4.69, 9.17) is 5.73 Å². The zero-order valence-corrected chi connectivity index (χ0v) is 15.5. The van der Waals surface area contributed by atoms with Crippen LogP contribution in [0.1, 0.15) is 30.0 Å². The first-order valence-corrected chi connectivity index (χ1v) is 9.53. The number of nitrogens with one attached hydrogen (secondary N) is 1. The number of fused-ring (bicyclic) bond motifs is 1. The lowest BCUT2D eigenvalue weighted by molar-refractivity contribution is 0.203. The Kier molecular flexibility index (Phi) is 5.03. The van der Waals surface area contributed by atoms with Crippen molar-refractivity contribution in [3.8, 4) is 0 Å². The van der Waals surface area contributed by atoms with Crippen molar-refractivity contribution in [2.75, 3.05) is 12.3 Å². The molecule has 1 aromatic carbocycles. The molecule has 5 nitrogen and oxygen atoms in total. The molecule has 0 saturated heterocycles. The highest BCUT2D eigenvalue weighted by Gasteiger charge is 2.26. The Morgan fingerprint density at radius 3 is 2.83 bits per heavy atom. The molecule has 0 spiro atoms. The molecule has 0 unspecified atom stereocenters. The summed E-state index contributed by atoms with van der Waals surface area (Å²) in [5.41, 5.74) is 8.58. The quantitative estimate of drug-likeness (QED) is 0.686. The normalized spacial score (nSPS) is 14.3. The molecule has 1 aliphatic heterocycles. The zero-order valence-electron chi connectivity index (χ0n) is 13.8. The Morgan fingerprint density at radius 2 is 2.12 bits per heavy atom. The monoisotopic (exact) mass is 362 g/mol. The molecule has 128 valence electrons. The van der Waals surface area contributed by atoms with Crippen LogP contribution in [0.4, 0.5) is 5.13 Å². The molecular weight excluding hydrogens is 340 g/mol. The summed E-state index contributed by atoms with van der Waals surface area (Å²) in [6.07, 6.45) is 2.06. The van der Waals surface area contributed by atoms with Crippen LogP contribution in [0.25, 0.3) is 5.70 Å². The summed E-state index contributed by atoms with van der Waals surface area (Å²) in [5.74, 6) is 0.900. The number of nitrogens with zero attached hydrogens (tertiary/aromatic N) is 2. The molecule has 1 aliphatic rings. The fourth-order valence-corrected chi connectivity index (χ4v) is 4.22. The largest absolute Gasteiger partial charge is 0.394 e. The lowest BCUT2D eigenvalue weighted by Gasteiger charge is -2.31. The number of nitrogen functional groups attached to an aromatic ring is 1. The molecule has 4 N–H and O–H groups in total. The van der Waals surface area contributed by atoms with Crippen LogP contribution in [0, 0.1) is 0 Å². The average molecular weight is 363 g/mol. The predicted octanol–water partition coefficient (Wildman–Crippen LogP) is 3.05. The highest BCUT2D eigenvalue weighted by Crippen LogP contribution is 2.35. The molecule has 2 aromatic rings. The smallest absolute Gasteiger partial charge is 0.180 e. The van der Waals surface area contributed by atoms with E-state index in [1.54, 1.807) is 11.9 Å². The van der Waals surface area contributed by atoms with Crippen LogP contribution >= 0.6 is 23.3 Å². The number of anilines is 1. The van der Waals surface area contributed by atoms with Crippen LogP contribution in [-0.2, 0) is 12.3 Å². The second-order valence-corrected chi connectivity index (χ2v) is 8.50. The van der Waals surface area contributed by atoms with Gasteiger partial charge in [-0.1, -0.05) is 41.7 Å². The Hall–Kier alpha value is -1.70. The Morgan fingerprint density at radius 1 is 1.38 bits per heavy atom. The van der Waals surface area contributed by atoms with Gasteiger partial charge in [0, 0.05) is 12.0 Å². The van der Waals surface area contributed by atoms with Crippen molar-refractivity contribution >= 4 is 34.1 Å². The minimum absolute atomic E-state index is 0.0381. The van der Waals surface area contributed by atoms with Gasteiger partial charge in [-0.3, -0.25) is 0 Å². The van der Waals surface area contributed by atoms with Gasteiger partial charge < -0.3 is 20.5 Å². The number of rotatable bonds is 6. The van der Waals surface area contributed by atoms with E-state index in [9.17, 15) is 5.11 Å². The number of aliphatic hydroxyl groups is 1. The lowest BCUT2D eigenvalue weighted by atomic mass is 10.1. The lowest BCUT2D eigenvalue weighted by Crippen LogP contribution is -2.42. The summed E-state index contributed by atoms with van der Waals surface area (Å²) in [5, 5.41) is 13.5. The molecule has 0 bridgehead atoms. The van der Waals surface area contributed by atoms with Gasteiger partial charge in [0.1, 0.15) is 5.69 Å². The predicted molar refractivity (Wildman–Crippen MR) is 102 cm³/mol. The first-order chi connectivity index (χ1) is 11.5. The third-order valence-corrected chi connectivity index (χ3v) is 5.55. The standard InChI is InChI=1S/C17H22N4OS2/c1-17(2,11-22)20-13-8-21(9-14-15(13)19-16(18)24-14)23-10-12-6-4-3-5-7-12/h3-8,20,22H,9-11H2,1-2H3,(H2,18,19). The van der Waals surface area contributed by atoms with Gasteiger partial charge >= 0.3 is 0 Å². The van der Waals surface area contributed by atoms with Gasteiger partial charge in [-0.05, 0) is 31.4 Å². The maximum absolute atomic E-state index is 9.54. The Bertz CT molecular complexity index is 727. The van der Waals surface area contributed by atoms with Gasteiger partial charge in [0.05, 0.1) is 29.3 Å². The van der Waals surface area contributed by atoms with Gasteiger partial charge in [-0.2, -0.15) is 0 Å². The number of hydrogen-bond donors (Lipinski definition) is 3. The van der Waals surface area contributed by atoms with Crippen molar-refractivity contribution in [1.82, 2.24) is 14.6 Å². The Balaban J connectivity index is 1.78. The fourth-order valence-electron chi connectivity index (χ4n) is 2.39. The van der Waals surface area contributed by atoms with Crippen molar-refractivity contribution in [2.45, 2.75) is 31.7 Å². The summed E-state index contributed by atoms with van der Waals surface area (Å²) < 4.78 is 2.20. The molecule has 0 amide bonds. The van der Waals surface area contributed by atoms with Gasteiger partial charge in [0.2, 0.25) is 0 Å². The van der Waals surface area contributed by atoms with Crippen LogP contribution < -0.4 is 11.1 Å². The fraction of sp³-hybridized carbons (Fsp3) is 0.353. The van der Waals surface area contributed by atoms with Crippen molar-refractivity contribution in [1.29, 1.82) is 0 Å². The van der Waals surface area contributed by atoms with Gasteiger partial charge in [0.15, 0.2) is 5.13 Å². The molecule has 0 fully saturated rings. The SMILES string of the molecule is CC(C)(CO)NC1=CN(SCc2ccccc2)Cc2sc(N)nc21. The Labute approximate surface area is 150 Å². The number of aliphatic hydroxyl groups excluding tert-OH is 1. The molecular formula is C17H22N4OS2. The van der Waals surface area contributed by atoms with E-state index in [-0.39, 0.29) is 6.61 Å². The third-order valence-electron chi connectivity index (χ3n) is 3.65. The highest BCUT2D eigenvalue weighted by atomic mass is 32.2. The van der Waals surface area contributed by atoms with E-state index in [2.05, 4.69) is 45.1 Å². The topological polar surface area (TPSA) is 74.4 Å². The summed E-state index contributed by atoms with van der Waals surface area (Å²) in [6.45, 7) is 4.74. The van der Waals surface area contributed by atoms with Gasteiger partial charge in [0.25, 0.3) is 0 Å². The maximum Gasteiger partial charge on any atom is 0.180 e. The second kappa shape index (κ2) is 7.04. The number of thiazole rings is 1. The highest BCUT2D eigenvalue weighted by molar-refractivity contribution is 7.96. The molecule has 3 rings (SSSR count). The number of nitrogens with two attached hydrogens (primary N) is 1. The second-order valence-electron chi connectivity index (χ2n) is 6.37. The summed E-state index contributed by atoms with van der Waals surface area (Å²) >= 11 is 3.27. The molecule has 1 aromatic heterocycles. The summed E-state index contributed by atoms with van der Waals surface area (Å²) in [4.78, 5) is 5.60. The van der Waals surface area contributed by atoms with Crippen molar-refractivity contribution in [3.63, 3.8) is 0 Å². The molecule has 0 saturated carbocycles. The maximum atomic E-state index is 9.54. The summed E-state index contributed by atoms with van der Waals surface area (Å²) in [6, 6.07) is 10.4. The molecule has 2 heterocycles. The molecule has 0 atom stereocenters. The van der Waals surface area contributed by atoms with E-state index in [0.717, 1.165) is 28.6 Å². The first-order valence-electron chi connectivity index (χ1n) is 7.77. The van der Waals surface area contributed by atoms with Crippen molar-refractivity contribution in [2.24, 2.45) is 0 Å². The van der Waals surface area contributed by atoms with Crippen molar-refractivity contribution < 1.29 is 5.11 Å². The molecule has 7 heteroatoms. The van der Waals surface area contributed by atoms with Crippen molar-refractivity contribution in [3.05, 3.63) is 52.7 Å². The minimum atomic E-state index is -0.422. The van der Waals surface area contributed by atoms with E-state index >= 15 is 0 Å². The van der Waals surface area contributed by atoms with Gasteiger partial charge in [-0.25, -0.2) is 4.98 Å². The molecule has 0 radical (unpaired) electrons. The van der Waals surface area contributed by atoms with Crippen LogP contribution in [0.3, 0.4) is 0 Å². The van der Waals surface area contributed by atoms with E-state index in [0.29, 0.717) is 5.13 Å². The summed E-state index contributed by atoms with van der Waals surface area (Å²) in [7, 11) is 0. The number of hydrogen-bond acceptors (Lipinski definition) is 7. The first kappa shape index (κ1) is 17.1. The molecule has 0 aliphatic carbocycles. The molecule has 24 heavy (non-hydrogen) atoms. The van der Waals surface area contributed by atoms with E-state index < -0.39 is 5.54 Å². The average Bonchev–Trinajstić information content (AvgIpc) is 2.94. The number of benzene rings is 1.